The number of fused-ring (bicyclic) bond motifs is 1. The average molecular weight is 466 g/mol. The molecule has 0 bridgehead atoms. The van der Waals surface area contributed by atoms with Gasteiger partial charge in [0.2, 0.25) is 0 Å². The van der Waals surface area contributed by atoms with Crippen LogP contribution in [0.25, 0.3) is 11.1 Å². The topological polar surface area (TPSA) is 88.1 Å². The SMILES string of the molecule is CCC(CCCCN(C)C)c1cc(-c2ccc(OC)c(O)c2)c2c(c1C(N)=O)N=CCC2CC. The van der Waals surface area contributed by atoms with Crippen LogP contribution in [0.4, 0.5) is 5.69 Å². The third-order valence-electron chi connectivity index (χ3n) is 6.96. The number of unbranched alkanes of at least 4 members (excludes halogenated alkanes) is 1. The highest BCUT2D eigenvalue weighted by Crippen LogP contribution is 2.48. The summed E-state index contributed by atoms with van der Waals surface area (Å²) in [5.41, 5.74) is 11.2. The number of phenolic OH excluding ortho intramolecular Hbond substituents is 1. The fraction of sp³-hybridized carbons (Fsp3) is 0.500. The Kier molecular flexibility index (Phi) is 8.72. The highest BCUT2D eigenvalue weighted by Gasteiger charge is 2.30. The molecule has 1 aliphatic rings. The van der Waals surface area contributed by atoms with Gasteiger partial charge in [-0.05, 0) is 105 Å². The molecule has 0 saturated heterocycles. The number of carbonyl (C=O) groups excluding carboxylic acids is 1. The number of amides is 1. The van der Waals surface area contributed by atoms with Gasteiger partial charge in [0.1, 0.15) is 0 Å². The number of ether oxygens (including phenoxy) is 1. The van der Waals surface area contributed by atoms with Crippen LogP contribution in [-0.2, 0) is 0 Å². The molecule has 1 aliphatic heterocycles. The van der Waals surface area contributed by atoms with E-state index in [0.717, 1.165) is 67.3 Å². The molecule has 0 fully saturated rings. The molecule has 3 rings (SSSR count). The van der Waals surface area contributed by atoms with E-state index in [1.54, 1.807) is 19.2 Å². The van der Waals surface area contributed by atoms with E-state index in [0.29, 0.717) is 17.0 Å². The Labute approximate surface area is 203 Å². The number of rotatable bonds is 11. The van der Waals surface area contributed by atoms with Crippen molar-refractivity contribution in [1.82, 2.24) is 4.90 Å². The minimum atomic E-state index is -0.420. The minimum Gasteiger partial charge on any atom is -0.504 e. The van der Waals surface area contributed by atoms with Gasteiger partial charge < -0.3 is 20.5 Å². The number of methoxy groups -OCH3 is 1. The number of aliphatic imine (C=N–C) groups is 1. The van der Waals surface area contributed by atoms with Gasteiger partial charge in [0.05, 0.1) is 18.4 Å². The molecule has 2 atom stereocenters. The van der Waals surface area contributed by atoms with Crippen LogP contribution in [0.5, 0.6) is 11.5 Å². The lowest BCUT2D eigenvalue weighted by Gasteiger charge is -2.29. The summed E-state index contributed by atoms with van der Waals surface area (Å²) in [4.78, 5) is 19.7. The van der Waals surface area contributed by atoms with Crippen LogP contribution in [0.1, 0.15) is 85.7 Å². The van der Waals surface area contributed by atoms with Gasteiger partial charge in [0.25, 0.3) is 5.91 Å². The third-order valence-corrected chi connectivity index (χ3v) is 6.96. The highest BCUT2D eigenvalue weighted by atomic mass is 16.5. The lowest BCUT2D eigenvalue weighted by atomic mass is 9.77. The van der Waals surface area contributed by atoms with E-state index in [4.69, 9.17) is 15.5 Å². The van der Waals surface area contributed by atoms with Crippen LogP contribution in [0.3, 0.4) is 0 Å². The summed E-state index contributed by atoms with van der Waals surface area (Å²) in [5.74, 6) is 0.550. The number of nitrogens with zero attached hydrogens (tertiary/aromatic N) is 2. The summed E-state index contributed by atoms with van der Waals surface area (Å²) >= 11 is 0. The Morgan fingerprint density at radius 2 is 2.03 bits per heavy atom. The number of hydrogen-bond acceptors (Lipinski definition) is 5. The first-order valence-electron chi connectivity index (χ1n) is 12.4. The minimum absolute atomic E-state index is 0.0948. The third kappa shape index (κ3) is 5.44. The predicted molar refractivity (Wildman–Crippen MR) is 140 cm³/mol. The van der Waals surface area contributed by atoms with Crippen molar-refractivity contribution in [2.75, 3.05) is 27.7 Å². The second-order valence-electron chi connectivity index (χ2n) is 9.46. The molecule has 6 heteroatoms. The number of benzene rings is 2. The Morgan fingerprint density at radius 3 is 2.62 bits per heavy atom. The van der Waals surface area contributed by atoms with Crippen molar-refractivity contribution >= 4 is 17.8 Å². The maximum Gasteiger partial charge on any atom is 0.251 e. The van der Waals surface area contributed by atoms with Gasteiger partial charge in [-0.15, -0.1) is 0 Å². The van der Waals surface area contributed by atoms with E-state index < -0.39 is 5.91 Å². The summed E-state index contributed by atoms with van der Waals surface area (Å²) in [7, 11) is 5.72. The van der Waals surface area contributed by atoms with E-state index >= 15 is 0 Å². The molecule has 2 unspecified atom stereocenters. The molecule has 184 valence electrons. The van der Waals surface area contributed by atoms with Gasteiger partial charge in [-0.3, -0.25) is 9.79 Å². The first-order valence-corrected chi connectivity index (χ1v) is 12.4. The van der Waals surface area contributed by atoms with Crippen molar-refractivity contribution in [1.29, 1.82) is 0 Å². The van der Waals surface area contributed by atoms with Crippen LogP contribution >= 0.6 is 0 Å². The van der Waals surface area contributed by atoms with E-state index in [1.807, 2.05) is 12.3 Å². The van der Waals surface area contributed by atoms with Gasteiger partial charge in [-0.25, -0.2) is 0 Å². The lowest BCUT2D eigenvalue weighted by Crippen LogP contribution is -2.19. The largest absolute Gasteiger partial charge is 0.504 e. The molecule has 0 radical (unpaired) electrons. The van der Waals surface area contributed by atoms with E-state index in [2.05, 4.69) is 38.9 Å². The van der Waals surface area contributed by atoms with Crippen molar-refractivity contribution in [2.45, 2.75) is 64.2 Å². The maximum atomic E-state index is 12.8. The van der Waals surface area contributed by atoms with Crippen molar-refractivity contribution in [3.63, 3.8) is 0 Å². The second-order valence-corrected chi connectivity index (χ2v) is 9.46. The van der Waals surface area contributed by atoms with Gasteiger partial charge in [-0.1, -0.05) is 26.3 Å². The molecule has 6 nitrogen and oxygen atoms in total. The number of aromatic hydroxyl groups is 1. The number of nitrogens with two attached hydrogens (primary N) is 1. The van der Waals surface area contributed by atoms with Gasteiger partial charge >= 0.3 is 0 Å². The summed E-state index contributed by atoms with van der Waals surface area (Å²) in [5, 5.41) is 10.5. The molecule has 0 aliphatic carbocycles. The number of phenols is 1. The zero-order valence-corrected chi connectivity index (χ0v) is 21.2. The van der Waals surface area contributed by atoms with Crippen LogP contribution in [-0.4, -0.2) is 49.9 Å². The average Bonchev–Trinajstić information content (AvgIpc) is 2.82. The Bertz CT molecular complexity index is 1050. The first kappa shape index (κ1) is 25.8. The molecule has 0 aromatic heterocycles. The molecule has 2 aromatic carbocycles. The van der Waals surface area contributed by atoms with E-state index in [9.17, 15) is 9.90 Å². The van der Waals surface area contributed by atoms with Gasteiger partial charge in [-0.2, -0.15) is 0 Å². The van der Waals surface area contributed by atoms with Crippen molar-refractivity contribution in [3.8, 4) is 22.6 Å². The molecule has 2 aromatic rings. The number of carbonyl (C=O) groups is 1. The standard InChI is InChI=1S/C28H39N3O3/c1-6-18(10-8-9-15-31(3)4)21-17-22(20-11-12-24(34-5)23(32)16-20)25-19(7-2)13-14-30-27(25)26(21)28(29)33/h11-12,14,16-19,32H,6-10,13,15H2,1-5H3,(H2,29,33). The van der Waals surface area contributed by atoms with Crippen molar-refractivity contribution in [3.05, 3.63) is 41.0 Å². The quantitative estimate of drug-likeness (QED) is 0.399. The van der Waals surface area contributed by atoms with Crippen LogP contribution in [0.2, 0.25) is 0 Å². The molecular weight excluding hydrogens is 426 g/mol. The smallest absolute Gasteiger partial charge is 0.251 e. The molecule has 0 spiro atoms. The first-order chi connectivity index (χ1) is 16.3. The monoisotopic (exact) mass is 465 g/mol. The summed E-state index contributed by atoms with van der Waals surface area (Å²) < 4.78 is 5.25. The summed E-state index contributed by atoms with van der Waals surface area (Å²) in [6, 6.07) is 7.63. The van der Waals surface area contributed by atoms with Crippen molar-refractivity contribution in [2.24, 2.45) is 10.7 Å². The molecule has 3 N–H and O–H groups in total. The number of hydrogen-bond donors (Lipinski definition) is 2. The van der Waals surface area contributed by atoms with Crippen LogP contribution in [0.15, 0.2) is 29.3 Å². The highest BCUT2D eigenvalue weighted by molar-refractivity contribution is 6.03. The molecule has 34 heavy (non-hydrogen) atoms. The van der Waals surface area contributed by atoms with Crippen molar-refractivity contribution < 1.29 is 14.6 Å². The predicted octanol–water partition coefficient (Wildman–Crippen LogP) is 5.99. The Hall–Kier alpha value is -2.86. The van der Waals surface area contributed by atoms with E-state index in [1.165, 1.54) is 0 Å². The van der Waals surface area contributed by atoms with Gasteiger partial charge in [0, 0.05) is 6.21 Å². The van der Waals surface area contributed by atoms with Crippen LogP contribution in [0, 0.1) is 0 Å². The van der Waals surface area contributed by atoms with E-state index in [-0.39, 0.29) is 17.6 Å². The zero-order chi connectivity index (χ0) is 24.8. The summed E-state index contributed by atoms with van der Waals surface area (Å²) in [6.45, 7) is 5.36. The summed E-state index contributed by atoms with van der Waals surface area (Å²) in [6.07, 6.45) is 7.74. The zero-order valence-electron chi connectivity index (χ0n) is 21.2. The molecule has 0 saturated carbocycles. The van der Waals surface area contributed by atoms with Gasteiger partial charge in [0.15, 0.2) is 11.5 Å². The maximum absolute atomic E-state index is 12.8. The molecule has 1 heterocycles. The molecular formula is C28H39N3O3. The fourth-order valence-corrected chi connectivity index (χ4v) is 5.09. The Balaban J connectivity index is 2.19. The second kappa shape index (κ2) is 11.5. The fourth-order valence-electron chi connectivity index (χ4n) is 5.09. The number of primary amides is 1. The van der Waals surface area contributed by atoms with Crippen LogP contribution < -0.4 is 10.5 Å². The normalized spacial score (nSPS) is 15.9. The molecule has 1 amide bonds. The Morgan fingerprint density at radius 1 is 1.26 bits per heavy atom. The lowest BCUT2D eigenvalue weighted by molar-refractivity contribution is 0.0999.